The van der Waals surface area contributed by atoms with E-state index in [2.05, 4.69) is 63.4 Å². The van der Waals surface area contributed by atoms with Crippen molar-refractivity contribution in [2.75, 3.05) is 13.2 Å². The molecule has 4 heteroatoms. The van der Waals surface area contributed by atoms with E-state index in [0.29, 0.717) is 6.61 Å². The SMILES string of the molecule is C=CCc1ccc(OCCC)c(-c2ccc(OCCC)c(CC=C)c2)c1.[Br-].[Br-]. The van der Waals surface area contributed by atoms with Crippen LogP contribution in [-0.4, -0.2) is 13.2 Å². The van der Waals surface area contributed by atoms with Gasteiger partial charge < -0.3 is 43.4 Å². The number of ether oxygens (including phenoxy) is 2. The van der Waals surface area contributed by atoms with Crippen LogP contribution in [-0.2, 0) is 12.8 Å². The lowest BCUT2D eigenvalue weighted by Gasteiger charge is -2.16. The van der Waals surface area contributed by atoms with Crippen LogP contribution in [0.15, 0.2) is 61.7 Å². The molecule has 0 unspecified atom stereocenters. The highest BCUT2D eigenvalue weighted by Gasteiger charge is 2.11. The topological polar surface area (TPSA) is 18.5 Å². The van der Waals surface area contributed by atoms with Crippen molar-refractivity contribution >= 4 is 0 Å². The Labute approximate surface area is 191 Å². The Balaban J connectivity index is 0.00000364. The Morgan fingerprint density at radius 2 is 1.39 bits per heavy atom. The monoisotopic (exact) mass is 508 g/mol. The van der Waals surface area contributed by atoms with E-state index < -0.39 is 0 Å². The number of benzene rings is 2. The number of hydrogen-bond donors (Lipinski definition) is 0. The van der Waals surface area contributed by atoms with Gasteiger partial charge in [0.1, 0.15) is 11.5 Å². The molecule has 0 amide bonds. The first kappa shape index (κ1) is 26.5. The summed E-state index contributed by atoms with van der Waals surface area (Å²) < 4.78 is 11.9. The number of halogens is 2. The van der Waals surface area contributed by atoms with E-state index in [1.807, 2.05) is 12.2 Å². The molecular formula is C24H30Br2O2-2. The third kappa shape index (κ3) is 7.48. The van der Waals surface area contributed by atoms with Gasteiger partial charge in [-0.3, -0.25) is 0 Å². The van der Waals surface area contributed by atoms with Crippen molar-refractivity contribution in [3.05, 3.63) is 72.8 Å². The van der Waals surface area contributed by atoms with Gasteiger partial charge in [0.15, 0.2) is 0 Å². The van der Waals surface area contributed by atoms with Gasteiger partial charge in [-0.15, -0.1) is 13.2 Å². The average molecular weight is 510 g/mol. The minimum absolute atomic E-state index is 0. The van der Waals surface area contributed by atoms with Crippen molar-refractivity contribution in [1.82, 2.24) is 0 Å². The average Bonchev–Trinajstić information content (AvgIpc) is 2.66. The summed E-state index contributed by atoms with van der Waals surface area (Å²) in [6.07, 6.45) is 7.45. The van der Waals surface area contributed by atoms with Gasteiger partial charge in [-0.05, 0) is 66.6 Å². The summed E-state index contributed by atoms with van der Waals surface area (Å²) >= 11 is 0. The fraction of sp³-hybridized carbons (Fsp3) is 0.333. The van der Waals surface area contributed by atoms with Crippen molar-refractivity contribution in [2.24, 2.45) is 0 Å². The molecule has 28 heavy (non-hydrogen) atoms. The minimum atomic E-state index is 0. The highest BCUT2D eigenvalue weighted by atomic mass is 79.9. The lowest BCUT2D eigenvalue weighted by molar-refractivity contribution is -0.00100. The van der Waals surface area contributed by atoms with Crippen LogP contribution >= 0.6 is 0 Å². The van der Waals surface area contributed by atoms with Crippen molar-refractivity contribution < 1.29 is 43.4 Å². The molecule has 2 nitrogen and oxygen atoms in total. The molecule has 0 aliphatic rings. The molecule has 0 saturated heterocycles. The quantitative estimate of drug-likeness (QED) is 0.408. The van der Waals surface area contributed by atoms with Crippen LogP contribution in [0.3, 0.4) is 0 Å². The van der Waals surface area contributed by atoms with Crippen LogP contribution in [0.2, 0.25) is 0 Å². The highest BCUT2D eigenvalue weighted by molar-refractivity contribution is 5.73. The highest BCUT2D eigenvalue weighted by Crippen LogP contribution is 2.34. The fourth-order valence-corrected chi connectivity index (χ4v) is 2.85. The van der Waals surface area contributed by atoms with E-state index in [1.54, 1.807) is 0 Å². The summed E-state index contributed by atoms with van der Waals surface area (Å²) in [5, 5.41) is 0. The first-order valence-corrected chi connectivity index (χ1v) is 9.47. The maximum atomic E-state index is 5.99. The Hall–Kier alpha value is -1.52. The molecule has 2 rings (SSSR count). The van der Waals surface area contributed by atoms with E-state index in [9.17, 15) is 0 Å². The third-order valence-electron chi connectivity index (χ3n) is 4.08. The van der Waals surface area contributed by atoms with Crippen LogP contribution in [0.25, 0.3) is 11.1 Å². The van der Waals surface area contributed by atoms with E-state index in [1.165, 1.54) is 5.56 Å². The van der Waals surface area contributed by atoms with Gasteiger partial charge in [-0.2, -0.15) is 0 Å². The predicted octanol–water partition coefficient (Wildman–Crippen LogP) is 0.396. The maximum absolute atomic E-state index is 5.99. The fourth-order valence-electron chi connectivity index (χ4n) is 2.85. The Bertz CT molecular complexity index is 741. The molecule has 154 valence electrons. The largest absolute Gasteiger partial charge is 1.00 e. The van der Waals surface area contributed by atoms with Crippen molar-refractivity contribution in [1.29, 1.82) is 0 Å². The molecule has 0 heterocycles. The van der Waals surface area contributed by atoms with Crippen LogP contribution in [0.4, 0.5) is 0 Å². The van der Waals surface area contributed by atoms with E-state index in [4.69, 9.17) is 9.47 Å². The van der Waals surface area contributed by atoms with Crippen molar-refractivity contribution in [2.45, 2.75) is 39.5 Å². The second kappa shape index (κ2) is 14.5. The molecule has 0 atom stereocenters. The first-order chi connectivity index (χ1) is 12.7. The summed E-state index contributed by atoms with van der Waals surface area (Å²) in [6, 6.07) is 12.7. The molecule has 0 bridgehead atoms. The van der Waals surface area contributed by atoms with E-state index >= 15 is 0 Å². The molecule has 0 aliphatic heterocycles. The van der Waals surface area contributed by atoms with Crippen molar-refractivity contribution in [3.8, 4) is 22.6 Å². The molecule has 0 aromatic heterocycles. The summed E-state index contributed by atoms with van der Waals surface area (Å²) in [4.78, 5) is 0. The summed E-state index contributed by atoms with van der Waals surface area (Å²) in [5.41, 5.74) is 4.64. The Morgan fingerprint density at radius 1 is 0.786 bits per heavy atom. The zero-order valence-corrected chi connectivity index (χ0v) is 20.0. The zero-order chi connectivity index (χ0) is 18.8. The molecular weight excluding hydrogens is 480 g/mol. The standard InChI is InChI=1S/C24H30O2.2BrH/c1-5-9-19-11-13-24(26-16-8-4)22(17-19)20-12-14-23(25-15-7-3)21(18-20)10-6-2;;/h5-6,11-14,17-18H,1-2,7-10,15-16H2,3-4H3;2*1H/p-2. The second-order valence-electron chi connectivity index (χ2n) is 6.34. The predicted molar refractivity (Wildman–Crippen MR) is 111 cm³/mol. The maximum Gasteiger partial charge on any atom is 0.127 e. The lowest BCUT2D eigenvalue weighted by atomic mass is 9.97. The van der Waals surface area contributed by atoms with Crippen LogP contribution in [0.5, 0.6) is 11.5 Å². The van der Waals surface area contributed by atoms with Crippen molar-refractivity contribution in [3.63, 3.8) is 0 Å². The number of hydrogen-bond acceptors (Lipinski definition) is 2. The number of rotatable bonds is 11. The molecule has 0 aliphatic carbocycles. The van der Waals surface area contributed by atoms with E-state index in [-0.39, 0.29) is 34.0 Å². The van der Waals surface area contributed by atoms with Crippen LogP contribution in [0, 0.1) is 0 Å². The summed E-state index contributed by atoms with van der Waals surface area (Å²) in [7, 11) is 0. The Morgan fingerprint density at radius 3 is 2.00 bits per heavy atom. The molecule has 0 spiro atoms. The van der Waals surface area contributed by atoms with Crippen LogP contribution < -0.4 is 43.4 Å². The van der Waals surface area contributed by atoms with Gasteiger partial charge in [0.2, 0.25) is 0 Å². The normalized spacial score (nSPS) is 9.64. The summed E-state index contributed by atoms with van der Waals surface area (Å²) in [5.74, 6) is 1.86. The first-order valence-electron chi connectivity index (χ1n) is 9.47. The smallest absolute Gasteiger partial charge is 0.127 e. The van der Waals surface area contributed by atoms with Gasteiger partial charge in [-0.25, -0.2) is 0 Å². The number of allylic oxidation sites excluding steroid dienone is 2. The summed E-state index contributed by atoms with van der Waals surface area (Å²) in [6.45, 7) is 13.4. The van der Waals surface area contributed by atoms with Gasteiger partial charge in [-0.1, -0.05) is 38.1 Å². The minimum Gasteiger partial charge on any atom is -1.00 e. The zero-order valence-electron chi connectivity index (χ0n) is 16.8. The molecule has 0 N–H and O–H groups in total. The van der Waals surface area contributed by atoms with Crippen LogP contribution in [0.1, 0.15) is 37.8 Å². The molecule has 0 fully saturated rings. The molecule has 2 aromatic carbocycles. The third-order valence-corrected chi connectivity index (χ3v) is 4.08. The molecule has 2 aromatic rings. The van der Waals surface area contributed by atoms with Gasteiger partial charge >= 0.3 is 0 Å². The second-order valence-corrected chi connectivity index (χ2v) is 6.34. The van der Waals surface area contributed by atoms with E-state index in [0.717, 1.165) is 60.5 Å². The van der Waals surface area contributed by atoms with Gasteiger partial charge in [0.25, 0.3) is 0 Å². The van der Waals surface area contributed by atoms with Gasteiger partial charge in [0.05, 0.1) is 13.2 Å². The molecule has 0 saturated carbocycles. The molecule has 0 radical (unpaired) electrons. The lowest BCUT2D eigenvalue weighted by Crippen LogP contribution is -3.00. The van der Waals surface area contributed by atoms with Gasteiger partial charge in [0, 0.05) is 5.56 Å². The Kier molecular flexibility index (Phi) is 13.7.